The van der Waals surface area contributed by atoms with Crippen LogP contribution in [0.2, 0.25) is 0 Å². The molecule has 1 aliphatic rings. The van der Waals surface area contributed by atoms with E-state index in [-0.39, 0.29) is 4.90 Å². The van der Waals surface area contributed by atoms with Crippen molar-refractivity contribution in [2.45, 2.75) is 18.0 Å². The summed E-state index contributed by atoms with van der Waals surface area (Å²) in [5.41, 5.74) is 2.24. The van der Waals surface area contributed by atoms with Crippen LogP contribution in [0.1, 0.15) is 11.1 Å². The molecule has 0 saturated heterocycles. The van der Waals surface area contributed by atoms with E-state index in [1.165, 1.54) is 17.7 Å². The van der Waals surface area contributed by atoms with Crippen LogP contribution in [0, 0.1) is 0 Å². The predicted molar refractivity (Wildman–Crippen MR) is 94.9 cm³/mol. The van der Waals surface area contributed by atoms with Gasteiger partial charge in [-0.2, -0.15) is 8.42 Å². The Kier molecular flexibility index (Phi) is 3.95. The summed E-state index contributed by atoms with van der Waals surface area (Å²) in [6, 6.07) is 18.5. The molecular formula is C19H17NO4S. The summed E-state index contributed by atoms with van der Waals surface area (Å²) < 4.78 is 37.8. The number of hydrogen-bond donors (Lipinski definition) is 1. The Morgan fingerprint density at radius 1 is 1.04 bits per heavy atom. The van der Waals surface area contributed by atoms with Crippen molar-refractivity contribution >= 4 is 20.9 Å². The van der Waals surface area contributed by atoms with Gasteiger partial charge in [-0.1, -0.05) is 42.5 Å². The highest BCUT2D eigenvalue weighted by molar-refractivity contribution is 7.85. The molecule has 0 fully saturated rings. The van der Waals surface area contributed by atoms with Gasteiger partial charge in [0.05, 0.1) is 4.90 Å². The summed E-state index contributed by atoms with van der Waals surface area (Å²) in [4.78, 5) is 2.09. The van der Waals surface area contributed by atoms with E-state index in [1.807, 2.05) is 30.3 Å². The van der Waals surface area contributed by atoms with Gasteiger partial charge in [0.25, 0.3) is 10.1 Å². The fraction of sp³-hybridized carbons (Fsp3) is 0.158. The second-order valence-corrected chi connectivity index (χ2v) is 7.57. The lowest BCUT2D eigenvalue weighted by Gasteiger charge is -2.30. The number of rotatable bonds is 3. The Morgan fingerprint density at radius 2 is 1.84 bits per heavy atom. The standard InChI is InChI=1S/C19H17NO4S/c21-25(22,23)16-7-8-17-15(10-16)6-9-19-18(17)12-20(13-24-19)11-14-4-2-1-3-5-14/h1-10H,11-13H2,(H,21,22,23). The summed E-state index contributed by atoms with van der Waals surface area (Å²) in [5.74, 6) is 0.816. The topological polar surface area (TPSA) is 66.8 Å². The first-order valence-corrected chi connectivity index (χ1v) is 9.37. The van der Waals surface area contributed by atoms with Gasteiger partial charge in [-0.05, 0) is 34.5 Å². The zero-order valence-electron chi connectivity index (χ0n) is 13.4. The Morgan fingerprint density at radius 3 is 2.60 bits per heavy atom. The van der Waals surface area contributed by atoms with E-state index in [1.54, 1.807) is 6.07 Å². The molecule has 3 aromatic rings. The van der Waals surface area contributed by atoms with E-state index >= 15 is 0 Å². The lowest BCUT2D eigenvalue weighted by atomic mass is 10.0. The van der Waals surface area contributed by atoms with E-state index in [0.29, 0.717) is 13.3 Å². The monoisotopic (exact) mass is 355 g/mol. The fourth-order valence-corrected chi connectivity index (χ4v) is 3.70. The predicted octanol–water partition coefficient (Wildman–Crippen LogP) is 3.44. The van der Waals surface area contributed by atoms with Crippen molar-refractivity contribution in [2.24, 2.45) is 0 Å². The Labute approximate surface area is 146 Å². The first-order valence-electron chi connectivity index (χ1n) is 7.93. The number of fused-ring (bicyclic) bond motifs is 3. The minimum atomic E-state index is -4.21. The third-order valence-corrected chi connectivity index (χ3v) is 5.24. The van der Waals surface area contributed by atoms with Crippen LogP contribution in [0.15, 0.2) is 65.6 Å². The fourth-order valence-electron chi connectivity index (χ4n) is 3.18. The van der Waals surface area contributed by atoms with Crippen LogP contribution in [-0.4, -0.2) is 24.6 Å². The highest BCUT2D eigenvalue weighted by Gasteiger charge is 2.20. The number of ether oxygens (including phenoxy) is 1. The second kappa shape index (κ2) is 6.15. The molecule has 0 amide bonds. The molecule has 1 aliphatic heterocycles. The molecule has 0 unspecified atom stereocenters. The van der Waals surface area contributed by atoms with Crippen molar-refractivity contribution in [1.29, 1.82) is 0 Å². The number of nitrogens with zero attached hydrogens (tertiary/aromatic N) is 1. The summed E-state index contributed by atoms with van der Waals surface area (Å²) in [7, 11) is -4.21. The summed E-state index contributed by atoms with van der Waals surface area (Å²) in [5, 5.41) is 1.70. The Hall–Kier alpha value is -2.41. The molecule has 0 aromatic heterocycles. The molecule has 128 valence electrons. The molecule has 4 rings (SSSR count). The molecule has 0 atom stereocenters. The number of benzene rings is 3. The highest BCUT2D eigenvalue weighted by Crippen LogP contribution is 2.33. The first kappa shape index (κ1) is 16.1. The van der Waals surface area contributed by atoms with Crippen LogP contribution in [0.3, 0.4) is 0 Å². The number of hydrogen-bond acceptors (Lipinski definition) is 4. The van der Waals surface area contributed by atoms with Gasteiger partial charge >= 0.3 is 0 Å². The maximum absolute atomic E-state index is 11.3. The largest absolute Gasteiger partial charge is 0.478 e. The van der Waals surface area contributed by atoms with Gasteiger partial charge in [-0.3, -0.25) is 9.45 Å². The Balaban J connectivity index is 1.69. The van der Waals surface area contributed by atoms with Gasteiger partial charge in [0.2, 0.25) is 0 Å². The van der Waals surface area contributed by atoms with Gasteiger partial charge in [0.1, 0.15) is 12.5 Å². The molecule has 0 radical (unpaired) electrons. The average molecular weight is 355 g/mol. The molecule has 6 heteroatoms. The van der Waals surface area contributed by atoms with Crippen LogP contribution < -0.4 is 4.74 Å². The third kappa shape index (κ3) is 3.24. The minimum absolute atomic E-state index is 0.0992. The minimum Gasteiger partial charge on any atom is -0.478 e. The normalized spacial score (nSPS) is 14.9. The zero-order chi connectivity index (χ0) is 17.4. The molecule has 3 aromatic carbocycles. The maximum Gasteiger partial charge on any atom is 0.294 e. The van der Waals surface area contributed by atoms with Gasteiger partial charge in [-0.25, -0.2) is 0 Å². The smallest absolute Gasteiger partial charge is 0.294 e. The molecule has 1 heterocycles. The average Bonchev–Trinajstić information content (AvgIpc) is 2.61. The molecule has 5 nitrogen and oxygen atoms in total. The van der Waals surface area contributed by atoms with Crippen molar-refractivity contribution in [3.05, 3.63) is 71.8 Å². The molecule has 0 saturated carbocycles. The molecule has 0 aliphatic carbocycles. The van der Waals surface area contributed by atoms with Crippen LogP contribution >= 0.6 is 0 Å². The van der Waals surface area contributed by atoms with Crippen molar-refractivity contribution in [1.82, 2.24) is 4.90 Å². The molecule has 25 heavy (non-hydrogen) atoms. The summed E-state index contributed by atoms with van der Waals surface area (Å²) in [6.45, 7) is 2.00. The quantitative estimate of drug-likeness (QED) is 0.729. The molecule has 1 N–H and O–H groups in total. The van der Waals surface area contributed by atoms with E-state index in [0.717, 1.165) is 28.6 Å². The van der Waals surface area contributed by atoms with Crippen molar-refractivity contribution in [3.63, 3.8) is 0 Å². The summed E-state index contributed by atoms with van der Waals surface area (Å²) >= 11 is 0. The first-order chi connectivity index (χ1) is 12.0. The summed E-state index contributed by atoms with van der Waals surface area (Å²) in [6.07, 6.45) is 0. The van der Waals surface area contributed by atoms with Gasteiger partial charge in [0, 0.05) is 18.7 Å². The van der Waals surface area contributed by atoms with Crippen LogP contribution in [0.5, 0.6) is 5.75 Å². The van der Waals surface area contributed by atoms with Crippen molar-refractivity contribution < 1.29 is 17.7 Å². The van der Waals surface area contributed by atoms with Crippen molar-refractivity contribution in [3.8, 4) is 5.75 Å². The third-order valence-electron chi connectivity index (χ3n) is 4.39. The Bertz CT molecular complexity index is 1030. The molecular weight excluding hydrogens is 338 g/mol. The van der Waals surface area contributed by atoms with E-state index < -0.39 is 10.1 Å². The van der Waals surface area contributed by atoms with E-state index in [2.05, 4.69) is 17.0 Å². The van der Waals surface area contributed by atoms with Crippen LogP contribution in [-0.2, 0) is 23.2 Å². The molecule has 0 bridgehead atoms. The lowest BCUT2D eigenvalue weighted by molar-refractivity contribution is 0.0897. The highest BCUT2D eigenvalue weighted by atomic mass is 32.2. The molecule has 0 spiro atoms. The van der Waals surface area contributed by atoms with Crippen LogP contribution in [0.4, 0.5) is 0 Å². The van der Waals surface area contributed by atoms with Crippen LogP contribution in [0.25, 0.3) is 10.8 Å². The maximum atomic E-state index is 11.3. The van der Waals surface area contributed by atoms with Gasteiger partial charge in [-0.15, -0.1) is 0 Å². The van der Waals surface area contributed by atoms with Gasteiger partial charge < -0.3 is 4.74 Å². The zero-order valence-corrected chi connectivity index (χ0v) is 14.2. The van der Waals surface area contributed by atoms with Crippen molar-refractivity contribution in [2.75, 3.05) is 6.73 Å². The second-order valence-electron chi connectivity index (χ2n) is 6.15. The van der Waals surface area contributed by atoms with Gasteiger partial charge in [0.15, 0.2) is 0 Å². The lowest BCUT2D eigenvalue weighted by Crippen LogP contribution is -2.31. The SMILES string of the molecule is O=S(=O)(O)c1ccc2c3c(ccc2c1)OCN(Cc1ccccc1)C3. The van der Waals surface area contributed by atoms with E-state index in [9.17, 15) is 13.0 Å². The van der Waals surface area contributed by atoms with E-state index in [4.69, 9.17) is 4.74 Å².